The van der Waals surface area contributed by atoms with Gasteiger partial charge in [-0.25, -0.2) is 4.79 Å². The monoisotopic (exact) mass is 390 g/mol. The molecule has 146 valence electrons. The number of ether oxygens (including phenoxy) is 3. The minimum atomic E-state index is -4.43. The smallest absolute Gasteiger partial charge is 0.349 e. The number of hydrogen-bond acceptors (Lipinski definition) is 6. The van der Waals surface area contributed by atoms with Crippen LogP contribution in [0.15, 0.2) is 33.2 Å². The third-order valence-corrected chi connectivity index (χ3v) is 4.58. The van der Waals surface area contributed by atoms with Crippen molar-refractivity contribution in [1.82, 2.24) is 9.55 Å². The van der Waals surface area contributed by atoms with E-state index in [-0.39, 0.29) is 11.7 Å². The molecule has 0 aliphatic carbocycles. The summed E-state index contributed by atoms with van der Waals surface area (Å²) >= 11 is 0. The Morgan fingerprint density at radius 2 is 2.04 bits per heavy atom. The van der Waals surface area contributed by atoms with Crippen LogP contribution in [0.1, 0.15) is 27.0 Å². The van der Waals surface area contributed by atoms with E-state index >= 15 is 0 Å². The number of rotatable bonds is 6. The van der Waals surface area contributed by atoms with Crippen LogP contribution in [0.4, 0.5) is 0 Å². The van der Waals surface area contributed by atoms with Gasteiger partial charge in [0, 0.05) is 25.2 Å². The van der Waals surface area contributed by atoms with Crippen molar-refractivity contribution in [2.45, 2.75) is 51.4 Å². The lowest BCUT2D eigenvalue weighted by Crippen LogP contribution is -2.40. The van der Waals surface area contributed by atoms with Crippen LogP contribution in [-0.2, 0) is 18.8 Å². The van der Waals surface area contributed by atoms with Gasteiger partial charge >= 0.3 is 13.3 Å². The molecule has 1 aromatic rings. The summed E-state index contributed by atoms with van der Waals surface area (Å²) in [6, 6.07) is 1.17. The van der Waals surface area contributed by atoms with Gasteiger partial charge in [-0.3, -0.25) is 18.9 Å². The van der Waals surface area contributed by atoms with E-state index in [1.807, 2.05) is 0 Å². The van der Waals surface area contributed by atoms with Crippen molar-refractivity contribution in [3.8, 4) is 0 Å². The summed E-state index contributed by atoms with van der Waals surface area (Å²) in [5, 5.41) is 0. The maximum Gasteiger partial charge on any atom is 0.349 e. The van der Waals surface area contributed by atoms with Gasteiger partial charge in [-0.15, -0.1) is 0 Å². The summed E-state index contributed by atoms with van der Waals surface area (Å²) in [5.41, 5.74) is -0.988. The quantitative estimate of drug-likeness (QED) is 0.590. The van der Waals surface area contributed by atoms with E-state index in [1.54, 1.807) is 13.8 Å². The van der Waals surface area contributed by atoms with Crippen molar-refractivity contribution < 1.29 is 28.6 Å². The molecule has 1 saturated heterocycles. The largest absolute Gasteiger partial charge is 0.374 e. The normalized spacial score (nSPS) is 27.3. The van der Waals surface area contributed by atoms with Crippen LogP contribution < -0.4 is 11.2 Å². The number of aromatic amines is 1. The highest BCUT2D eigenvalue weighted by atomic mass is 31.2. The molecule has 4 atom stereocenters. The first-order valence-electron chi connectivity index (χ1n) is 7.93. The van der Waals surface area contributed by atoms with Crippen molar-refractivity contribution in [2.24, 2.45) is 0 Å². The Balaban J connectivity index is 2.48. The van der Waals surface area contributed by atoms with E-state index in [0.29, 0.717) is 0 Å². The second-order valence-corrected chi connectivity index (χ2v) is 7.71. The highest BCUT2D eigenvalue weighted by Gasteiger charge is 2.48. The first-order chi connectivity index (χ1) is 12.0. The van der Waals surface area contributed by atoms with Crippen LogP contribution in [0.25, 0.3) is 0 Å². The van der Waals surface area contributed by atoms with E-state index in [4.69, 9.17) is 14.2 Å². The fourth-order valence-electron chi connectivity index (χ4n) is 2.91. The van der Waals surface area contributed by atoms with Gasteiger partial charge in [0.1, 0.15) is 18.3 Å². The summed E-state index contributed by atoms with van der Waals surface area (Å²) in [5.74, 6) is 0.805. The van der Waals surface area contributed by atoms with Crippen LogP contribution in [-0.4, -0.2) is 50.9 Å². The molecule has 0 amide bonds. The first-order valence-corrected chi connectivity index (χ1v) is 9.61. The average Bonchev–Trinajstić information content (AvgIpc) is 2.83. The van der Waals surface area contributed by atoms with Gasteiger partial charge in [-0.2, -0.15) is 0 Å². The molecule has 0 bridgehead atoms. The zero-order valence-electron chi connectivity index (χ0n) is 14.9. The molecule has 1 fully saturated rings. The SMILES string of the molecule is COC1C(OC(C)C)C(/C(C)=C/P(=O)(O)O)OC1n1ccc(=O)[nH]c1=O. The van der Waals surface area contributed by atoms with Gasteiger partial charge in [0.05, 0.1) is 6.10 Å². The van der Waals surface area contributed by atoms with Crippen molar-refractivity contribution in [2.75, 3.05) is 7.11 Å². The Kier molecular flexibility index (Phi) is 6.38. The van der Waals surface area contributed by atoms with Crippen LogP contribution in [0.2, 0.25) is 0 Å². The maximum absolute atomic E-state index is 12.1. The molecule has 0 aromatic carbocycles. The van der Waals surface area contributed by atoms with Crippen molar-refractivity contribution >= 4 is 7.60 Å². The zero-order valence-corrected chi connectivity index (χ0v) is 15.8. The molecule has 0 radical (unpaired) electrons. The molecule has 2 rings (SSSR count). The minimum Gasteiger partial charge on any atom is -0.374 e. The molecule has 2 heterocycles. The number of methoxy groups -OCH3 is 1. The summed E-state index contributed by atoms with van der Waals surface area (Å²) in [7, 11) is -3.01. The van der Waals surface area contributed by atoms with E-state index in [9.17, 15) is 23.9 Å². The molecule has 3 N–H and O–H groups in total. The maximum atomic E-state index is 12.1. The molecule has 1 aliphatic heterocycles. The second-order valence-electron chi connectivity index (χ2n) is 6.28. The summed E-state index contributed by atoms with van der Waals surface area (Å²) in [6.45, 7) is 5.10. The van der Waals surface area contributed by atoms with E-state index in [2.05, 4.69) is 4.98 Å². The van der Waals surface area contributed by atoms with Gasteiger partial charge in [0.15, 0.2) is 6.23 Å². The number of aromatic nitrogens is 2. The average molecular weight is 390 g/mol. The highest BCUT2D eigenvalue weighted by Crippen LogP contribution is 2.42. The molecule has 1 aromatic heterocycles. The highest BCUT2D eigenvalue weighted by molar-refractivity contribution is 7.55. The van der Waals surface area contributed by atoms with Gasteiger partial charge in [0.2, 0.25) is 0 Å². The minimum absolute atomic E-state index is 0.224. The topological polar surface area (TPSA) is 140 Å². The number of H-pyrrole nitrogens is 1. The van der Waals surface area contributed by atoms with Crippen LogP contribution in [0.3, 0.4) is 0 Å². The van der Waals surface area contributed by atoms with Crippen molar-refractivity contribution in [3.63, 3.8) is 0 Å². The van der Waals surface area contributed by atoms with Crippen LogP contribution in [0.5, 0.6) is 0 Å². The Morgan fingerprint density at radius 1 is 1.38 bits per heavy atom. The molecule has 26 heavy (non-hydrogen) atoms. The second kappa shape index (κ2) is 7.99. The third kappa shape index (κ3) is 4.79. The Bertz CT molecular complexity index is 823. The lowest BCUT2D eigenvalue weighted by molar-refractivity contribution is -0.0771. The lowest BCUT2D eigenvalue weighted by Gasteiger charge is -2.25. The fraction of sp³-hybridized carbons (Fsp3) is 0.600. The van der Waals surface area contributed by atoms with Gasteiger partial charge in [-0.05, 0) is 26.3 Å². The van der Waals surface area contributed by atoms with Gasteiger partial charge < -0.3 is 24.0 Å². The zero-order chi connectivity index (χ0) is 19.6. The number of hydrogen-bond donors (Lipinski definition) is 3. The molecular formula is C15H23N2O8P. The fourth-order valence-corrected chi connectivity index (χ4v) is 3.59. The predicted molar refractivity (Wildman–Crippen MR) is 91.8 cm³/mol. The van der Waals surface area contributed by atoms with E-state index in [1.165, 1.54) is 26.3 Å². The first kappa shape index (κ1) is 20.8. The standard InChI is InChI=1S/C15H23N2O8P/c1-8(2)24-12-11(9(3)7-26(20,21)22)25-14(13(12)23-4)17-6-5-10(18)16-15(17)19/h5-8,11-14H,1-4H3,(H,16,18,19)(H2,20,21,22)/b9-7+. The van der Waals surface area contributed by atoms with Crippen LogP contribution >= 0.6 is 7.60 Å². The van der Waals surface area contributed by atoms with E-state index < -0.39 is 43.4 Å². The number of nitrogens with one attached hydrogen (secondary N) is 1. The summed E-state index contributed by atoms with van der Waals surface area (Å²) in [4.78, 5) is 44.0. The predicted octanol–water partition coefficient (Wildman–Crippen LogP) is 0.324. The molecule has 4 unspecified atom stereocenters. The Morgan fingerprint density at radius 3 is 2.54 bits per heavy atom. The molecule has 11 heteroatoms. The molecule has 0 saturated carbocycles. The molecular weight excluding hydrogens is 367 g/mol. The summed E-state index contributed by atoms with van der Waals surface area (Å²) < 4.78 is 29.7. The molecule has 0 spiro atoms. The third-order valence-electron chi connectivity index (χ3n) is 3.84. The van der Waals surface area contributed by atoms with Crippen molar-refractivity contribution in [1.29, 1.82) is 0 Å². The molecule has 10 nitrogen and oxygen atoms in total. The van der Waals surface area contributed by atoms with E-state index in [0.717, 1.165) is 10.4 Å². The van der Waals surface area contributed by atoms with Gasteiger partial charge in [-0.1, -0.05) is 0 Å². The Labute approximate surface area is 149 Å². The van der Waals surface area contributed by atoms with Gasteiger partial charge in [0.25, 0.3) is 5.56 Å². The van der Waals surface area contributed by atoms with Crippen molar-refractivity contribution in [3.05, 3.63) is 44.5 Å². The number of nitrogens with zero attached hydrogens (tertiary/aromatic N) is 1. The Hall–Kier alpha value is -1.55. The molecule has 1 aliphatic rings. The van der Waals surface area contributed by atoms with Crippen LogP contribution in [0, 0.1) is 0 Å². The summed E-state index contributed by atoms with van der Waals surface area (Å²) in [6.07, 6.45) is -2.21. The lowest BCUT2D eigenvalue weighted by atomic mass is 10.0.